The van der Waals surface area contributed by atoms with E-state index in [1.165, 1.54) is 0 Å². The number of rotatable bonds is 3. The van der Waals surface area contributed by atoms with Crippen molar-refractivity contribution in [1.29, 1.82) is 0 Å². The first kappa shape index (κ1) is 7.15. The van der Waals surface area contributed by atoms with Crippen molar-refractivity contribution in [2.24, 2.45) is 0 Å². The maximum Gasteiger partial charge on any atom is 0.123 e. The third-order valence-electron chi connectivity index (χ3n) is 0.672. The van der Waals surface area contributed by atoms with E-state index in [0.717, 1.165) is 6.29 Å². The van der Waals surface area contributed by atoms with Gasteiger partial charge >= 0.3 is 0 Å². The summed E-state index contributed by atoms with van der Waals surface area (Å²) in [6, 6.07) is 0. The molecule has 0 spiro atoms. The SMILES string of the molecule is CC=CC=CCC=O. The third-order valence-corrected chi connectivity index (χ3v) is 0.672. The number of carbonyl (C=O) groups is 1. The van der Waals surface area contributed by atoms with Gasteiger partial charge in [-0.25, -0.2) is 0 Å². The molecule has 0 aromatic carbocycles. The first-order valence-electron chi connectivity index (χ1n) is 2.63. The summed E-state index contributed by atoms with van der Waals surface area (Å²) < 4.78 is 0. The minimum atomic E-state index is 0.518. The first-order chi connectivity index (χ1) is 3.91. The summed E-state index contributed by atoms with van der Waals surface area (Å²) in [6.07, 6.45) is 8.87. The summed E-state index contributed by atoms with van der Waals surface area (Å²) >= 11 is 0. The van der Waals surface area contributed by atoms with Crippen molar-refractivity contribution in [2.45, 2.75) is 13.3 Å². The van der Waals surface area contributed by atoms with Crippen LogP contribution in [0, 0.1) is 0 Å². The normalized spacial score (nSPS) is 11.1. The van der Waals surface area contributed by atoms with Crippen LogP contribution in [0.2, 0.25) is 0 Å². The number of aldehydes is 1. The van der Waals surface area contributed by atoms with E-state index in [4.69, 9.17) is 0 Å². The van der Waals surface area contributed by atoms with Crippen molar-refractivity contribution in [1.82, 2.24) is 0 Å². The average molecular weight is 110 g/mol. The number of allylic oxidation sites excluding steroid dienone is 4. The number of hydrogen-bond acceptors (Lipinski definition) is 1. The van der Waals surface area contributed by atoms with Gasteiger partial charge in [0.25, 0.3) is 0 Å². The summed E-state index contributed by atoms with van der Waals surface area (Å²) in [4.78, 5) is 9.69. The van der Waals surface area contributed by atoms with Gasteiger partial charge in [0.2, 0.25) is 0 Å². The number of hydrogen-bond donors (Lipinski definition) is 0. The quantitative estimate of drug-likeness (QED) is 0.399. The molecule has 0 aliphatic heterocycles. The molecule has 0 aliphatic carbocycles. The molecule has 0 unspecified atom stereocenters. The maximum atomic E-state index is 9.69. The second-order valence-corrected chi connectivity index (χ2v) is 1.36. The van der Waals surface area contributed by atoms with E-state index in [-0.39, 0.29) is 0 Å². The Labute approximate surface area is 49.7 Å². The van der Waals surface area contributed by atoms with Crippen LogP contribution >= 0.6 is 0 Å². The molecule has 0 aromatic rings. The Balaban J connectivity index is 3.19. The molecule has 0 N–H and O–H groups in total. The zero-order valence-corrected chi connectivity index (χ0v) is 5.00. The Morgan fingerprint density at radius 1 is 1.38 bits per heavy atom. The molecule has 0 saturated heterocycles. The highest BCUT2D eigenvalue weighted by Crippen LogP contribution is 1.78. The Morgan fingerprint density at radius 3 is 2.62 bits per heavy atom. The Bertz CT molecular complexity index is 101. The van der Waals surface area contributed by atoms with Gasteiger partial charge in [-0.2, -0.15) is 0 Å². The van der Waals surface area contributed by atoms with Crippen LogP contribution in [0.3, 0.4) is 0 Å². The van der Waals surface area contributed by atoms with Gasteiger partial charge in [-0.1, -0.05) is 24.3 Å². The molecule has 0 rings (SSSR count). The van der Waals surface area contributed by atoms with Gasteiger partial charge in [-0.15, -0.1) is 0 Å². The van der Waals surface area contributed by atoms with E-state index in [1.807, 2.05) is 31.2 Å². The highest BCUT2D eigenvalue weighted by Gasteiger charge is 1.65. The zero-order chi connectivity index (χ0) is 6.24. The number of carbonyl (C=O) groups excluding carboxylic acids is 1. The van der Waals surface area contributed by atoms with Crippen LogP contribution in [0.15, 0.2) is 24.3 Å². The van der Waals surface area contributed by atoms with Crippen LogP contribution in [0.5, 0.6) is 0 Å². The molecule has 44 valence electrons. The van der Waals surface area contributed by atoms with E-state index in [0.29, 0.717) is 6.42 Å². The molecular formula is C7H10O. The van der Waals surface area contributed by atoms with Gasteiger partial charge < -0.3 is 4.79 Å². The first-order valence-corrected chi connectivity index (χ1v) is 2.63. The van der Waals surface area contributed by atoms with Crippen molar-refractivity contribution in [3.8, 4) is 0 Å². The lowest BCUT2D eigenvalue weighted by molar-refractivity contribution is -0.107. The van der Waals surface area contributed by atoms with Crippen molar-refractivity contribution in [3.05, 3.63) is 24.3 Å². The summed E-state index contributed by atoms with van der Waals surface area (Å²) in [6.45, 7) is 1.94. The molecule has 1 nitrogen and oxygen atoms in total. The monoisotopic (exact) mass is 110 g/mol. The van der Waals surface area contributed by atoms with E-state index in [9.17, 15) is 4.79 Å². The highest BCUT2D eigenvalue weighted by molar-refractivity contribution is 5.51. The summed E-state index contributed by atoms with van der Waals surface area (Å²) in [5.74, 6) is 0. The Kier molecular flexibility index (Phi) is 5.50. The van der Waals surface area contributed by atoms with Gasteiger partial charge in [-0.3, -0.25) is 0 Å². The Morgan fingerprint density at radius 2 is 2.12 bits per heavy atom. The van der Waals surface area contributed by atoms with Crippen LogP contribution < -0.4 is 0 Å². The standard InChI is InChI=1S/C7H10O/c1-2-3-4-5-6-7-8/h2-5,7H,6H2,1H3. The lowest BCUT2D eigenvalue weighted by Crippen LogP contribution is -1.62. The van der Waals surface area contributed by atoms with Gasteiger partial charge in [0.1, 0.15) is 6.29 Å². The zero-order valence-electron chi connectivity index (χ0n) is 5.00. The molecule has 0 fully saturated rings. The van der Waals surface area contributed by atoms with E-state index in [1.54, 1.807) is 0 Å². The molecule has 0 aromatic heterocycles. The van der Waals surface area contributed by atoms with Crippen LogP contribution in [0.4, 0.5) is 0 Å². The minimum Gasteiger partial charge on any atom is -0.303 e. The fourth-order valence-electron chi connectivity index (χ4n) is 0.324. The fraction of sp³-hybridized carbons (Fsp3) is 0.286. The van der Waals surface area contributed by atoms with Gasteiger partial charge in [0, 0.05) is 6.42 Å². The molecule has 0 atom stereocenters. The average Bonchev–Trinajstić information content (AvgIpc) is 1.81. The van der Waals surface area contributed by atoms with Crippen molar-refractivity contribution in [3.63, 3.8) is 0 Å². The van der Waals surface area contributed by atoms with E-state index >= 15 is 0 Å². The third kappa shape index (κ3) is 5.15. The molecule has 0 heterocycles. The molecule has 0 bridgehead atoms. The van der Waals surface area contributed by atoms with E-state index in [2.05, 4.69) is 0 Å². The molecular weight excluding hydrogens is 100 g/mol. The van der Waals surface area contributed by atoms with Crippen LogP contribution in [-0.2, 0) is 4.79 Å². The van der Waals surface area contributed by atoms with Crippen LogP contribution in [0.1, 0.15) is 13.3 Å². The fourth-order valence-corrected chi connectivity index (χ4v) is 0.324. The van der Waals surface area contributed by atoms with Crippen molar-refractivity contribution in [2.75, 3.05) is 0 Å². The lowest BCUT2D eigenvalue weighted by atomic mass is 10.4. The minimum absolute atomic E-state index is 0.518. The second kappa shape index (κ2) is 6.15. The predicted octanol–water partition coefficient (Wildman–Crippen LogP) is 1.71. The molecule has 0 radical (unpaired) electrons. The topological polar surface area (TPSA) is 17.1 Å². The highest BCUT2D eigenvalue weighted by atomic mass is 16.1. The second-order valence-electron chi connectivity index (χ2n) is 1.36. The summed E-state index contributed by atoms with van der Waals surface area (Å²) in [5.41, 5.74) is 0. The smallest absolute Gasteiger partial charge is 0.123 e. The van der Waals surface area contributed by atoms with Crippen molar-refractivity contribution >= 4 is 6.29 Å². The van der Waals surface area contributed by atoms with Crippen molar-refractivity contribution < 1.29 is 4.79 Å². The largest absolute Gasteiger partial charge is 0.303 e. The molecule has 0 saturated carbocycles. The van der Waals surface area contributed by atoms with Gasteiger partial charge in [0.05, 0.1) is 0 Å². The van der Waals surface area contributed by atoms with Gasteiger partial charge in [-0.05, 0) is 6.92 Å². The Hall–Kier alpha value is -0.850. The maximum absolute atomic E-state index is 9.69. The predicted molar refractivity (Wildman–Crippen MR) is 34.6 cm³/mol. The van der Waals surface area contributed by atoms with Gasteiger partial charge in [0.15, 0.2) is 0 Å². The molecule has 1 heteroatoms. The van der Waals surface area contributed by atoms with Crippen LogP contribution in [0.25, 0.3) is 0 Å². The van der Waals surface area contributed by atoms with Crippen LogP contribution in [-0.4, -0.2) is 6.29 Å². The lowest BCUT2D eigenvalue weighted by Gasteiger charge is -1.70. The summed E-state index contributed by atoms with van der Waals surface area (Å²) in [5, 5.41) is 0. The summed E-state index contributed by atoms with van der Waals surface area (Å²) in [7, 11) is 0. The molecule has 0 aliphatic rings. The molecule has 0 amide bonds. The molecule has 8 heavy (non-hydrogen) atoms. The van der Waals surface area contributed by atoms with E-state index < -0.39 is 0 Å².